The maximum absolute atomic E-state index is 12.5. The van der Waals surface area contributed by atoms with Crippen LogP contribution in [0.25, 0.3) is 0 Å². The summed E-state index contributed by atoms with van der Waals surface area (Å²) in [5.74, 6) is 0.0652. The molecule has 1 N–H and O–H groups in total. The summed E-state index contributed by atoms with van der Waals surface area (Å²) in [6, 6.07) is 12.7. The van der Waals surface area contributed by atoms with E-state index in [4.69, 9.17) is 16.3 Å². The zero-order valence-corrected chi connectivity index (χ0v) is 17.0. The molecule has 3 aromatic rings. The van der Waals surface area contributed by atoms with E-state index in [1.54, 1.807) is 24.3 Å². The van der Waals surface area contributed by atoms with E-state index in [-0.39, 0.29) is 22.0 Å². The number of pyridine rings is 1. The number of benzene rings is 2. The number of nitrogens with one attached hydrogen (secondary N) is 1. The molecular weight excluding hydrogens is 434 g/mol. The van der Waals surface area contributed by atoms with E-state index in [1.807, 2.05) is 0 Å². The first-order valence-corrected chi connectivity index (χ1v) is 10.6. The summed E-state index contributed by atoms with van der Waals surface area (Å²) >= 11 is 5.81. The number of halogens is 1. The predicted octanol–water partition coefficient (Wildman–Crippen LogP) is 4.09. The van der Waals surface area contributed by atoms with Crippen molar-refractivity contribution in [3.63, 3.8) is 0 Å². The van der Waals surface area contributed by atoms with Gasteiger partial charge in [-0.3, -0.25) is 14.9 Å². The van der Waals surface area contributed by atoms with Crippen molar-refractivity contribution in [3.8, 4) is 11.6 Å². The number of carbonyl (C=O) groups is 1. The Morgan fingerprint density at radius 1 is 1.13 bits per heavy atom. The Balaban J connectivity index is 1.78. The summed E-state index contributed by atoms with van der Waals surface area (Å²) in [5, 5.41) is 14.1. The number of sulfone groups is 1. The molecule has 0 radical (unpaired) electrons. The third kappa shape index (κ3) is 5.31. The van der Waals surface area contributed by atoms with Gasteiger partial charge in [0.05, 0.1) is 21.7 Å². The lowest BCUT2D eigenvalue weighted by Crippen LogP contribution is -2.13. The monoisotopic (exact) mass is 447 g/mol. The quantitative estimate of drug-likeness (QED) is 0.445. The van der Waals surface area contributed by atoms with Gasteiger partial charge >= 0.3 is 0 Å². The Hall–Kier alpha value is -3.50. The number of anilines is 1. The molecule has 11 heteroatoms. The highest BCUT2D eigenvalue weighted by Crippen LogP contribution is 2.24. The molecular formula is C19H14ClN3O6S. The zero-order valence-electron chi connectivity index (χ0n) is 15.4. The van der Waals surface area contributed by atoms with E-state index in [1.165, 1.54) is 18.3 Å². The molecule has 2 aromatic carbocycles. The molecule has 1 heterocycles. The topological polar surface area (TPSA) is 128 Å². The maximum Gasteiger partial charge on any atom is 0.271 e. The van der Waals surface area contributed by atoms with Crippen molar-refractivity contribution in [2.75, 3.05) is 11.6 Å². The molecule has 0 saturated heterocycles. The maximum atomic E-state index is 12.5. The van der Waals surface area contributed by atoms with Crippen LogP contribution in [0.4, 0.5) is 11.4 Å². The molecule has 0 unspecified atom stereocenters. The summed E-state index contributed by atoms with van der Waals surface area (Å²) in [6.07, 6.45) is 2.23. The Bertz CT molecular complexity index is 1210. The molecule has 0 bridgehead atoms. The van der Waals surface area contributed by atoms with Gasteiger partial charge in [0, 0.05) is 35.0 Å². The number of nitro groups is 1. The zero-order chi connectivity index (χ0) is 21.9. The third-order valence-corrected chi connectivity index (χ3v) is 5.17. The molecule has 30 heavy (non-hydrogen) atoms. The highest BCUT2D eigenvalue weighted by molar-refractivity contribution is 7.90. The lowest BCUT2D eigenvalue weighted by Gasteiger charge is -2.08. The van der Waals surface area contributed by atoms with Crippen molar-refractivity contribution >= 4 is 38.7 Å². The molecule has 0 atom stereocenters. The van der Waals surface area contributed by atoms with E-state index >= 15 is 0 Å². The number of carbonyl (C=O) groups excluding carboxylic acids is 1. The van der Waals surface area contributed by atoms with Crippen LogP contribution in [0.1, 0.15) is 10.4 Å². The molecule has 0 spiro atoms. The third-order valence-electron chi connectivity index (χ3n) is 3.82. The van der Waals surface area contributed by atoms with Gasteiger partial charge in [0.15, 0.2) is 9.84 Å². The minimum Gasteiger partial charge on any atom is -0.439 e. The second-order valence-corrected chi connectivity index (χ2v) is 8.59. The first-order chi connectivity index (χ1) is 14.1. The van der Waals surface area contributed by atoms with Gasteiger partial charge in [-0.2, -0.15) is 0 Å². The van der Waals surface area contributed by atoms with Crippen LogP contribution in [0.5, 0.6) is 11.6 Å². The van der Waals surface area contributed by atoms with Gasteiger partial charge in [-0.05, 0) is 36.4 Å². The number of nitrogens with zero attached hydrogens (tertiary/aromatic N) is 2. The smallest absolute Gasteiger partial charge is 0.271 e. The lowest BCUT2D eigenvalue weighted by atomic mass is 10.2. The fourth-order valence-electron chi connectivity index (χ4n) is 2.38. The van der Waals surface area contributed by atoms with E-state index in [0.717, 1.165) is 24.5 Å². The molecule has 3 rings (SSSR count). The second-order valence-electron chi connectivity index (χ2n) is 6.14. The van der Waals surface area contributed by atoms with Crippen molar-refractivity contribution in [2.24, 2.45) is 0 Å². The Kier molecular flexibility index (Phi) is 5.99. The number of rotatable bonds is 6. The van der Waals surface area contributed by atoms with E-state index in [0.29, 0.717) is 10.8 Å². The van der Waals surface area contributed by atoms with Crippen molar-refractivity contribution < 1.29 is 22.9 Å². The van der Waals surface area contributed by atoms with Gasteiger partial charge in [-0.25, -0.2) is 13.4 Å². The van der Waals surface area contributed by atoms with E-state index in [2.05, 4.69) is 10.3 Å². The molecule has 1 amide bonds. The van der Waals surface area contributed by atoms with Gasteiger partial charge in [-0.15, -0.1) is 0 Å². The largest absolute Gasteiger partial charge is 0.439 e. The summed E-state index contributed by atoms with van der Waals surface area (Å²) in [4.78, 5) is 26.5. The molecule has 0 aliphatic heterocycles. The van der Waals surface area contributed by atoms with Crippen LogP contribution in [-0.4, -0.2) is 30.5 Å². The molecule has 9 nitrogen and oxygen atoms in total. The molecule has 0 saturated carbocycles. The lowest BCUT2D eigenvalue weighted by molar-refractivity contribution is -0.385. The number of nitro benzene ring substituents is 1. The van der Waals surface area contributed by atoms with Crippen LogP contribution in [0.15, 0.2) is 65.7 Å². The first-order valence-electron chi connectivity index (χ1n) is 8.32. The SMILES string of the molecule is CS(=O)(=O)c1cc(C(=O)Nc2ccc(Oc3ccc(Cl)cc3)nc2)cc([N+](=O)[O-])c1. The van der Waals surface area contributed by atoms with Crippen LogP contribution in [0, 0.1) is 10.1 Å². The summed E-state index contributed by atoms with van der Waals surface area (Å²) in [7, 11) is -3.75. The predicted molar refractivity (Wildman–Crippen MR) is 110 cm³/mol. The highest BCUT2D eigenvalue weighted by Gasteiger charge is 2.19. The highest BCUT2D eigenvalue weighted by atomic mass is 35.5. The average Bonchev–Trinajstić information content (AvgIpc) is 2.70. The van der Waals surface area contributed by atoms with Gasteiger partial charge in [0.1, 0.15) is 5.75 Å². The van der Waals surface area contributed by atoms with E-state index in [9.17, 15) is 23.3 Å². The number of amides is 1. The van der Waals surface area contributed by atoms with E-state index < -0.39 is 26.4 Å². The Morgan fingerprint density at radius 3 is 2.40 bits per heavy atom. The number of hydrogen-bond donors (Lipinski definition) is 1. The Labute approximate surface area is 176 Å². The van der Waals surface area contributed by atoms with Crippen molar-refractivity contribution in [1.29, 1.82) is 0 Å². The number of aromatic nitrogens is 1. The minimum absolute atomic E-state index is 0.175. The number of hydrogen-bond acceptors (Lipinski definition) is 7. The minimum atomic E-state index is -3.75. The summed E-state index contributed by atoms with van der Waals surface area (Å²) in [5.41, 5.74) is -0.394. The van der Waals surface area contributed by atoms with Crippen LogP contribution >= 0.6 is 11.6 Å². The number of non-ortho nitro benzene ring substituents is 1. The van der Waals surface area contributed by atoms with Crippen LogP contribution < -0.4 is 10.1 Å². The summed E-state index contributed by atoms with van der Waals surface area (Å²) in [6.45, 7) is 0. The average molecular weight is 448 g/mol. The molecule has 0 aliphatic rings. The van der Waals surface area contributed by atoms with Crippen LogP contribution in [-0.2, 0) is 9.84 Å². The molecule has 0 aliphatic carbocycles. The number of ether oxygens (including phenoxy) is 1. The van der Waals surface area contributed by atoms with Gasteiger partial charge in [0.2, 0.25) is 5.88 Å². The van der Waals surface area contributed by atoms with Crippen LogP contribution in [0.3, 0.4) is 0 Å². The van der Waals surface area contributed by atoms with Gasteiger partial charge in [-0.1, -0.05) is 11.6 Å². The molecule has 154 valence electrons. The fourth-order valence-corrected chi connectivity index (χ4v) is 3.18. The first kappa shape index (κ1) is 21.2. The molecule has 1 aromatic heterocycles. The van der Waals surface area contributed by atoms with Crippen molar-refractivity contribution in [2.45, 2.75) is 4.90 Å². The van der Waals surface area contributed by atoms with Gasteiger partial charge < -0.3 is 10.1 Å². The van der Waals surface area contributed by atoms with Crippen molar-refractivity contribution in [1.82, 2.24) is 4.98 Å². The molecule has 0 fully saturated rings. The fraction of sp³-hybridized carbons (Fsp3) is 0.0526. The van der Waals surface area contributed by atoms with Crippen molar-refractivity contribution in [3.05, 3.63) is 81.5 Å². The summed E-state index contributed by atoms with van der Waals surface area (Å²) < 4.78 is 29.1. The standard InChI is InChI=1S/C19H14ClN3O6S/c1-30(27,28)17-9-12(8-15(10-17)23(25)26)19(24)22-14-4-7-18(21-11-14)29-16-5-2-13(20)3-6-16/h2-11H,1H3,(H,22,24). The Morgan fingerprint density at radius 2 is 1.83 bits per heavy atom. The second kappa shape index (κ2) is 8.47. The van der Waals surface area contributed by atoms with Gasteiger partial charge in [0.25, 0.3) is 11.6 Å². The van der Waals surface area contributed by atoms with Crippen LogP contribution in [0.2, 0.25) is 5.02 Å². The normalized spacial score (nSPS) is 11.0.